The maximum atomic E-state index is 10.4. The topological polar surface area (TPSA) is 49.3 Å². The lowest BCUT2D eigenvalue weighted by molar-refractivity contribution is 0.210. The largest absolute Gasteiger partial charge is 0.465 e. The number of rotatable bonds is 1. The van der Waals surface area contributed by atoms with Crippen molar-refractivity contribution in [2.24, 2.45) is 0 Å². The minimum Gasteiger partial charge on any atom is -0.465 e. The van der Waals surface area contributed by atoms with Crippen LogP contribution < -0.4 is 5.32 Å². The van der Waals surface area contributed by atoms with Crippen molar-refractivity contribution in [2.75, 3.05) is 5.32 Å². The van der Waals surface area contributed by atoms with E-state index in [9.17, 15) is 4.79 Å². The number of aryl methyl sites for hydroxylation is 2. The molecule has 0 aliphatic heterocycles. The van der Waals surface area contributed by atoms with Crippen LogP contribution >= 0.6 is 15.9 Å². The summed E-state index contributed by atoms with van der Waals surface area (Å²) in [5.74, 6) is 0. The molecule has 0 radical (unpaired) electrons. The first-order valence-electron chi connectivity index (χ1n) is 3.77. The van der Waals surface area contributed by atoms with Crippen LogP contribution in [0.25, 0.3) is 0 Å². The fourth-order valence-electron chi connectivity index (χ4n) is 1.14. The predicted molar refractivity (Wildman–Crippen MR) is 55.3 cm³/mol. The number of amides is 1. The zero-order chi connectivity index (χ0) is 10.0. The summed E-state index contributed by atoms with van der Waals surface area (Å²) in [6.07, 6.45) is -1.04. The molecular formula is C9H10BrNO2. The number of hydrogen-bond acceptors (Lipinski definition) is 1. The van der Waals surface area contributed by atoms with Gasteiger partial charge >= 0.3 is 6.09 Å². The van der Waals surface area contributed by atoms with Gasteiger partial charge in [-0.25, -0.2) is 4.79 Å². The number of hydrogen-bond donors (Lipinski definition) is 2. The third kappa shape index (κ3) is 2.45. The Morgan fingerprint density at radius 1 is 1.38 bits per heavy atom. The molecule has 13 heavy (non-hydrogen) atoms. The molecule has 70 valence electrons. The van der Waals surface area contributed by atoms with Gasteiger partial charge in [0.2, 0.25) is 0 Å². The summed E-state index contributed by atoms with van der Waals surface area (Å²) in [5.41, 5.74) is 2.64. The van der Waals surface area contributed by atoms with Crippen molar-refractivity contribution >= 4 is 27.7 Å². The number of halogens is 1. The summed E-state index contributed by atoms with van der Waals surface area (Å²) in [4.78, 5) is 10.4. The van der Waals surface area contributed by atoms with Gasteiger partial charge in [0.25, 0.3) is 0 Å². The lowest BCUT2D eigenvalue weighted by Gasteiger charge is -2.06. The molecule has 0 saturated heterocycles. The molecule has 4 heteroatoms. The number of anilines is 1. The average molecular weight is 244 g/mol. The molecule has 1 rings (SSSR count). The fraction of sp³-hybridized carbons (Fsp3) is 0.222. The van der Waals surface area contributed by atoms with Gasteiger partial charge in [0, 0.05) is 10.2 Å². The van der Waals surface area contributed by atoms with Gasteiger partial charge < -0.3 is 5.11 Å². The van der Waals surface area contributed by atoms with Gasteiger partial charge in [0.05, 0.1) is 0 Å². The van der Waals surface area contributed by atoms with Crippen molar-refractivity contribution in [2.45, 2.75) is 13.8 Å². The van der Waals surface area contributed by atoms with Crippen LogP contribution in [0.2, 0.25) is 0 Å². The summed E-state index contributed by atoms with van der Waals surface area (Å²) in [7, 11) is 0. The van der Waals surface area contributed by atoms with E-state index in [1.807, 2.05) is 13.8 Å². The van der Waals surface area contributed by atoms with E-state index in [0.29, 0.717) is 5.69 Å². The van der Waals surface area contributed by atoms with E-state index in [1.165, 1.54) is 0 Å². The Morgan fingerprint density at radius 2 is 1.85 bits per heavy atom. The molecule has 0 atom stereocenters. The maximum Gasteiger partial charge on any atom is 0.409 e. The van der Waals surface area contributed by atoms with Crippen LogP contribution in [0.1, 0.15) is 11.1 Å². The molecule has 0 unspecified atom stereocenters. The van der Waals surface area contributed by atoms with Crippen molar-refractivity contribution in [3.05, 3.63) is 27.7 Å². The zero-order valence-corrected chi connectivity index (χ0v) is 8.97. The Morgan fingerprint density at radius 3 is 2.23 bits per heavy atom. The van der Waals surface area contributed by atoms with Gasteiger partial charge in [-0.05, 0) is 37.1 Å². The molecule has 3 nitrogen and oxygen atoms in total. The van der Waals surface area contributed by atoms with Crippen molar-refractivity contribution < 1.29 is 9.90 Å². The lowest BCUT2D eigenvalue weighted by atomic mass is 10.1. The smallest absolute Gasteiger partial charge is 0.409 e. The Bertz CT molecular complexity index is 326. The minimum atomic E-state index is -1.04. The zero-order valence-electron chi connectivity index (χ0n) is 7.39. The van der Waals surface area contributed by atoms with Gasteiger partial charge in [0.1, 0.15) is 0 Å². The van der Waals surface area contributed by atoms with E-state index >= 15 is 0 Å². The van der Waals surface area contributed by atoms with E-state index in [-0.39, 0.29) is 0 Å². The molecule has 0 aliphatic rings. The molecule has 0 spiro atoms. The molecule has 0 saturated carbocycles. The standard InChI is InChI=1S/C9H10BrNO2/c1-5-3-7(11-9(12)13)4-6(2)8(5)10/h3-4,11H,1-2H3,(H,12,13). The monoisotopic (exact) mass is 243 g/mol. The number of carbonyl (C=O) groups is 1. The first-order chi connectivity index (χ1) is 6.00. The highest BCUT2D eigenvalue weighted by Crippen LogP contribution is 2.24. The van der Waals surface area contributed by atoms with Gasteiger partial charge in [0.15, 0.2) is 0 Å². The van der Waals surface area contributed by atoms with Crippen LogP contribution in [-0.4, -0.2) is 11.2 Å². The summed E-state index contributed by atoms with van der Waals surface area (Å²) in [6.45, 7) is 3.84. The normalized spacial score (nSPS) is 9.77. The number of nitrogens with one attached hydrogen (secondary N) is 1. The quantitative estimate of drug-likeness (QED) is 0.797. The summed E-state index contributed by atoms with van der Waals surface area (Å²) >= 11 is 3.40. The molecule has 0 fully saturated rings. The highest BCUT2D eigenvalue weighted by Gasteiger charge is 2.03. The predicted octanol–water partition coefficient (Wildman–Crippen LogP) is 3.16. The molecular weight excluding hydrogens is 234 g/mol. The Balaban J connectivity index is 3.06. The second kappa shape index (κ2) is 3.79. The van der Waals surface area contributed by atoms with Crippen molar-refractivity contribution in [1.82, 2.24) is 0 Å². The number of carboxylic acid groups (broad SMARTS) is 1. The third-order valence-electron chi connectivity index (χ3n) is 1.69. The van der Waals surface area contributed by atoms with E-state index in [1.54, 1.807) is 12.1 Å². The molecule has 0 heterocycles. The van der Waals surface area contributed by atoms with E-state index < -0.39 is 6.09 Å². The van der Waals surface area contributed by atoms with Crippen LogP contribution in [0.4, 0.5) is 10.5 Å². The van der Waals surface area contributed by atoms with Gasteiger partial charge in [-0.2, -0.15) is 0 Å². The fourth-order valence-corrected chi connectivity index (χ4v) is 1.37. The van der Waals surface area contributed by atoms with Crippen molar-refractivity contribution in [3.63, 3.8) is 0 Å². The van der Waals surface area contributed by atoms with Crippen molar-refractivity contribution in [1.29, 1.82) is 0 Å². The van der Waals surface area contributed by atoms with E-state index in [0.717, 1.165) is 15.6 Å². The molecule has 2 N–H and O–H groups in total. The van der Waals surface area contributed by atoms with E-state index in [4.69, 9.17) is 5.11 Å². The highest BCUT2D eigenvalue weighted by atomic mass is 79.9. The number of benzene rings is 1. The van der Waals surface area contributed by atoms with Crippen LogP contribution in [-0.2, 0) is 0 Å². The molecule has 0 aliphatic carbocycles. The molecule has 0 aromatic heterocycles. The van der Waals surface area contributed by atoms with Crippen LogP contribution in [0.5, 0.6) is 0 Å². The van der Waals surface area contributed by atoms with Crippen LogP contribution in [0.3, 0.4) is 0 Å². The Kier molecular flexibility index (Phi) is 2.93. The molecule has 1 aromatic carbocycles. The van der Waals surface area contributed by atoms with Crippen molar-refractivity contribution in [3.8, 4) is 0 Å². The van der Waals surface area contributed by atoms with Gasteiger partial charge in [-0.15, -0.1) is 0 Å². The molecule has 0 bridgehead atoms. The highest BCUT2D eigenvalue weighted by molar-refractivity contribution is 9.10. The second-order valence-corrected chi connectivity index (χ2v) is 3.65. The lowest BCUT2D eigenvalue weighted by Crippen LogP contribution is -2.07. The Hall–Kier alpha value is -1.03. The summed E-state index contributed by atoms with van der Waals surface area (Å²) in [6, 6.07) is 3.57. The molecule has 1 amide bonds. The second-order valence-electron chi connectivity index (χ2n) is 2.85. The van der Waals surface area contributed by atoms with Gasteiger partial charge in [-0.3, -0.25) is 5.32 Å². The summed E-state index contributed by atoms with van der Waals surface area (Å²) in [5, 5.41) is 10.8. The molecule has 1 aromatic rings. The Labute approximate surface area is 84.9 Å². The third-order valence-corrected chi connectivity index (χ3v) is 2.94. The van der Waals surface area contributed by atoms with Crippen LogP contribution in [0, 0.1) is 13.8 Å². The van der Waals surface area contributed by atoms with Gasteiger partial charge in [-0.1, -0.05) is 15.9 Å². The summed E-state index contributed by atoms with van der Waals surface area (Å²) < 4.78 is 1.02. The first-order valence-corrected chi connectivity index (χ1v) is 4.56. The minimum absolute atomic E-state index is 0.603. The average Bonchev–Trinajstić information content (AvgIpc) is 1.98. The SMILES string of the molecule is Cc1cc(NC(=O)O)cc(C)c1Br. The maximum absolute atomic E-state index is 10.4. The van der Waals surface area contributed by atoms with E-state index in [2.05, 4.69) is 21.2 Å². The first kappa shape index (κ1) is 10.1. The van der Waals surface area contributed by atoms with Crippen LogP contribution in [0.15, 0.2) is 16.6 Å².